The molecular weight excluding hydrogens is 288 g/mol. The molecule has 0 atom stereocenters. The molecule has 1 saturated heterocycles. The lowest BCUT2D eigenvalue weighted by Gasteiger charge is -2.35. The summed E-state index contributed by atoms with van der Waals surface area (Å²) < 4.78 is 0. The number of amides is 1. The zero-order valence-electron chi connectivity index (χ0n) is 13.6. The number of aromatic nitrogens is 1. The normalized spacial score (nSPS) is 14.9. The Morgan fingerprint density at radius 2 is 1.65 bits per heavy atom. The second kappa shape index (κ2) is 6.28. The van der Waals surface area contributed by atoms with Crippen LogP contribution in [0, 0.1) is 13.8 Å². The van der Waals surface area contributed by atoms with Gasteiger partial charge in [-0.1, -0.05) is 17.7 Å². The number of rotatable bonds is 2. The van der Waals surface area contributed by atoms with Crippen molar-refractivity contribution in [3.05, 3.63) is 53.2 Å². The van der Waals surface area contributed by atoms with Crippen LogP contribution < -0.4 is 10.6 Å². The summed E-state index contributed by atoms with van der Waals surface area (Å²) in [6.45, 7) is 6.92. The van der Waals surface area contributed by atoms with Gasteiger partial charge in [0, 0.05) is 31.7 Å². The van der Waals surface area contributed by atoms with Crippen LogP contribution in [0.3, 0.4) is 0 Å². The van der Waals surface area contributed by atoms with Gasteiger partial charge in [-0.3, -0.25) is 4.79 Å². The van der Waals surface area contributed by atoms with Crippen LogP contribution in [0.1, 0.15) is 21.6 Å². The zero-order valence-corrected chi connectivity index (χ0v) is 13.6. The molecule has 5 nitrogen and oxygen atoms in total. The topological polar surface area (TPSA) is 62.5 Å². The maximum atomic E-state index is 12.5. The number of pyridine rings is 1. The van der Waals surface area contributed by atoms with Gasteiger partial charge in [-0.25, -0.2) is 4.98 Å². The zero-order chi connectivity index (χ0) is 16.4. The van der Waals surface area contributed by atoms with E-state index >= 15 is 0 Å². The predicted octanol–water partition coefficient (Wildman–Crippen LogP) is 2.24. The summed E-state index contributed by atoms with van der Waals surface area (Å²) in [4.78, 5) is 21.2. The molecule has 23 heavy (non-hydrogen) atoms. The quantitative estimate of drug-likeness (QED) is 0.924. The first-order valence-corrected chi connectivity index (χ1v) is 7.88. The predicted molar refractivity (Wildman–Crippen MR) is 92.7 cm³/mol. The fourth-order valence-corrected chi connectivity index (χ4v) is 2.75. The number of nitrogen functional groups attached to an aromatic ring is 1. The van der Waals surface area contributed by atoms with Gasteiger partial charge in [0.05, 0.1) is 11.4 Å². The fraction of sp³-hybridized carbons (Fsp3) is 0.333. The largest absolute Gasteiger partial charge is 0.397 e. The van der Waals surface area contributed by atoms with E-state index in [2.05, 4.69) is 9.88 Å². The van der Waals surface area contributed by atoms with Gasteiger partial charge >= 0.3 is 0 Å². The molecule has 2 aromatic rings. The van der Waals surface area contributed by atoms with Crippen LogP contribution >= 0.6 is 0 Å². The molecule has 1 aliphatic heterocycles. The van der Waals surface area contributed by atoms with E-state index in [-0.39, 0.29) is 5.91 Å². The number of carbonyl (C=O) groups excluding carboxylic acids is 1. The van der Waals surface area contributed by atoms with E-state index in [1.807, 2.05) is 55.1 Å². The Kier molecular flexibility index (Phi) is 4.19. The first-order chi connectivity index (χ1) is 11.0. The minimum absolute atomic E-state index is 0.103. The lowest BCUT2D eigenvalue weighted by molar-refractivity contribution is 0.0746. The van der Waals surface area contributed by atoms with Gasteiger partial charge in [-0.05, 0) is 38.1 Å². The van der Waals surface area contributed by atoms with Crippen LogP contribution in [0.25, 0.3) is 0 Å². The van der Waals surface area contributed by atoms with E-state index in [0.29, 0.717) is 18.8 Å². The third-order valence-corrected chi connectivity index (χ3v) is 4.30. The molecule has 120 valence electrons. The standard InChI is InChI=1S/C18H22N4O/c1-13-3-5-15(6-4-13)18(23)22-11-9-21(10-12-22)17-8-7-16(19)14(2)20-17/h3-8H,9-12,19H2,1-2H3. The summed E-state index contributed by atoms with van der Waals surface area (Å²) in [7, 11) is 0. The monoisotopic (exact) mass is 310 g/mol. The average molecular weight is 310 g/mol. The molecular formula is C18H22N4O. The Balaban J connectivity index is 1.64. The Hall–Kier alpha value is -2.56. The van der Waals surface area contributed by atoms with Crippen molar-refractivity contribution in [2.75, 3.05) is 36.8 Å². The second-order valence-corrected chi connectivity index (χ2v) is 5.99. The summed E-state index contributed by atoms with van der Waals surface area (Å²) in [5.74, 6) is 1.03. The average Bonchev–Trinajstić information content (AvgIpc) is 2.57. The second-order valence-electron chi connectivity index (χ2n) is 5.99. The smallest absolute Gasteiger partial charge is 0.253 e. The highest BCUT2D eigenvalue weighted by molar-refractivity contribution is 5.94. The molecule has 2 N–H and O–H groups in total. The molecule has 0 aliphatic carbocycles. The van der Waals surface area contributed by atoms with Crippen LogP contribution in [0.2, 0.25) is 0 Å². The summed E-state index contributed by atoms with van der Waals surface area (Å²) in [5.41, 5.74) is 9.30. The molecule has 5 heteroatoms. The molecule has 1 fully saturated rings. The van der Waals surface area contributed by atoms with Crippen molar-refractivity contribution in [3.8, 4) is 0 Å². The van der Waals surface area contributed by atoms with Gasteiger partial charge in [0.1, 0.15) is 5.82 Å². The summed E-state index contributed by atoms with van der Waals surface area (Å²) in [6, 6.07) is 11.6. The van der Waals surface area contributed by atoms with Crippen molar-refractivity contribution < 1.29 is 4.79 Å². The number of aryl methyl sites for hydroxylation is 2. The molecule has 1 amide bonds. The molecule has 0 spiro atoms. The molecule has 2 heterocycles. The van der Waals surface area contributed by atoms with Crippen molar-refractivity contribution in [2.45, 2.75) is 13.8 Å². The van der Waals surface area contributed by atoms with E-state index in [1.165, 1.54) is 0 Å². The Morgan fingerprint density at radius 3 is 2.26 bits per heavy atom. The number of piperazine rings is 1. The van der Waals surface area contributed by atoms with Gasteiger partial charge < -0.3 is 15.5 Å². The molecule has 1 aromatic heterocycles. The number of nitrogens with zero attached hydrogens (tertiary/aromatic N) is 3. The molecule has 3 rings (SSSR count). The van der Waals surface area contributed by atoms with Gasteiger partial charge in [-0.2, -0.15) is 0 Å². The van der Waals surface area contributed by atoms with E-state index in [9.17, 15) is 4.79 Å². The number of hydrogen-bond donors (Lipinski definition) is 1. The van der Waals surface area contributed by atoms with Crippen molar-refractivity contribution in [3.63, 3.8) is 0 Å². The minimum atomic E-state index is 0.103. The lowest BCUT2D eigenvalue weighted by Crippen LogP contribution is -2.49. The third-order valence-electron chi connectivity index (χ3n) is 4.30. The molecule has 0 unspecified atom stereocenters. The minimum Gasteiger partial charge on any atom is -0.397 e. The molecule has 0 saturated carbocycles. The third kappa shape index (κ3) is 3.28. The molecule has 1 aromatic carbocycles. The summed E-state index contributed by atoms with van der Waals surface area (Å²) >= 11 is 0. The highest BCUT2D eigenvalue weighted by Crippen LogP contribution is 2.18. The first-order valence-electron chi connectivity index (χ1n) is 7.88. The summed E-state index contributed by atoms with van der Waals surface area (Å²) in [6.07, 6.45) is 0. The van der Waals surface area contributed by atoms with E-state index in [4.69, 9.17) is 5.73 Å². The number of benzene rings is 1. The van der Waals surface area contributed by atoms with E-state index < -0.39 is 0 Å². The van der Waals surface area contributed by atoms with Gasteiger partial charge in [0.25, 0.3) is 5.91 Å². The van der Waals surface area contributed by atoms with Gasteiger partial charge in [-0.15, -0.1) is 0 Å². The van der Waals surface area contributed by atoms with Gasteiger partial charge in [0.2, 0.25) is 0 Å². The van der Waals surface area contributed by atoms with Crippen LogP contribution in [0.15, 0.2) is 36.4 Å². The maximum Gasteiger partial charge on any atom is 0.253 e. The van der Waals surface area contributed by atoms with Crippen molar-refractivity contribution >= 4 is 17.4 Å². The number of nitrogens with two attached hydrogens (primary N) is 1. The van der Waals surface area contributed by atoms with Crippen molar-refractivity contribution in [1.82, 2.24) is 9.88 Å². The SMILES string of the molecule is Cc1ccc(C(=O)N2CCN(c3ccc(N)c(C)n3)CC2)cc1. The molecule has 0 radical (unpaired) electrons. The summed E-state index contributed by atoms with van der Waals surface area (Å²) in [5, 5.41) is 0. The van der Waals surface area contributed by atoms with Crippen molar-refractivity contribution in [1.29, 1.82) is 0 Å². The van der Waals surface area contributed by atoms with E-state index in [1.54, 1.807) is 0 Å². The highest BCUT2D eigenvalue weighted by atomic mass is 16.2. The van der Waals surface area contributed by atoms with Crippen LogP contribution in [-0.4, -0.2) is 42.0 Å². The Bertz CT molecular complexity index is 703. The van der Waals surface area contributed by atoms with Crippen molar-refractivity contribution in [2.24, 2.45) is 0 Å². The Morgan fingerprint density at radius 1 is 1.00 bits per heavy atom. The van der Waals surface area contributed by atoms with E-state index in [0.717, 1.165) is 35.7 Å². The lowest BCUT2D eigenvalue weighted by atomic mass is 10.1. The van der Waals surface area contributed by atoms with Crippen LogP contribution in [-0.2, 0) is 0 Å². The van der Waals surface area contributed by atoms with Crippen LogP contribution in [0.5, 0.6) is 0 Å². The number of anilines is 2. The molecule has 1 aliphatic rings. The maximum absolute atomic E-state index is 12.5. The Labute approximate surface area is 136 Å². The molecule has 0 bridgehead atoms. The number of carbonyl (C=O) groups is 1. The first kappa shape index (κ1) is 15.3. The van der Waals surface area contributed by atoms with Crippen LogP contribution in [0.4, 0.5) is 11.5 Å². The highest BCUT2D eigenvalue weighted by Gasteiger charge is 2.22. The van der Waals surface area contributed by atoms with Gasteiger partial charge in [0.15, 0.2) is 0 Å². The number of hydrogen-bond acceptors (Lipinski definition) is 4. The fourth-order valence-electron chi connectivity index (χ4n) is 2.75.